The standard InChI is InChI=1S/C21H22N4O2/c1-2-4-18(5-3-1)27-19-8-6-17(7-9-19)16-26-21-15-23-14-20(24-21)25-12-10-22-11-13-25/h1-9,14-15,22H,10-13,16H2. The number of nitrogens with one attached hydrogen (secondary N) is 1. The van der Waals surface area contributed by atoms with Crippen LogP contribution in [-0.4, -0.2) is 36.1 Å². The van der Waals surface area contributed by atoms with Crippen molar-refractivity contribution in [3.05, 3.63) is 72.6 Å². The highest BCUT2D eigenvalue weighted by atomic mass is 16.5. The molecule has 0 atom stereocenters. The van der Waals surface area contributed by atoms with Gasteiger partial charge in [0.2, 0.25) is 5.88 Å². The molecule has 1 N–H and O–H groups in total. The predicted octanol–water partition coefficient (Wildman–Crippen LogP) is 3.26. The van der Waals surface area contributed by atoms with Crippen LogP contribution in [0.25, 0.3) is 0 Å². The Bertz CT molecular complexity index is 850. The highest BCUT2D eigenvalue weighted by Crippen LogP contribution is 2.22. The predicted molar refractivity (Wildman–Crippen MR) is 104 cm³/mol. The lowest BCUT2D eigenvalue weighted by molar-refractivity contribution is 0.292. The monoisotopic (exact) mass is 362 g/mol. The quantitative estimate of drug-likeness (QED) is 0.726. The molecule has 2 aromatic carbocycles. The van der Waals surface area contributed by atoms with E-state index in [1.807, 2.05) is 54.6 Å². The van der Waals surface area contributed by atoms with Gasteiger partial charge in [-0.25, -0.2) is 0 Å². The Kier molecular flexibility index (Phi) is 5.45. The van der Waals surface area contributed by atoms with Gasteiger partial charge in [-0.05, 0) is 29.8 Å². The number of aromatic nitrogens is 2. The van der Waals surface area contributed by atoms with Crippen LogP contribution in [0.2, 0.25) is 0 Å². The maximum absolute atomic E-state index is 5.82. The van der Waals surface area contributed by atoms with Crippen LogP contribution in [0.5, 0.6) is 17.4 Å². The van der Waals surface area contributed by atoms with Crippen molar-refractivity contribution in [2.24, 2.45) is 0 Å². The molecule has 0 unspecified atom stereocenters. The molecular weight excluding hydrogens is 340 g/mol. The Morgan fingerprint density at radius 3 is 2.41 bits per heavy atom. The molecule has 0 spiro atoms. The summed E-state index contributed by atoms with van der Waals surface area (Å²) in [5, 5.41) is 3.33. The molecule has 6 heteroatoms. The molecule has 0 radical (unpaired) electrons. The van der Waals surface area contributed by atoms with Gasteiger partial charge in [0.1, 0.15) is 18.1 Å². The van der Waals surface area contributed by atoms with E-state index in [1.54, 1.807) is 12.4 Å². The fourth-order valence-corrected chi connectivity index (χ4v) is 2.89. The summed E-state index contributed by atoms with van der Waals surface area (Å²) in [6.07, 6.45) is 3.44. The maximum atomic E-state index is 5.82. The summed E-state index contributed by atoms with van der Waals surface area (Å²) in [7, 11) is 0. The molecule has 4 rings (SSSR count). The summed E-state index contributed by atoms with van der Waals surface area (Å²) >= 11 is 0. The molecule has 138 valence electrons. The first-order chi connectivity index (χ1) is 13.4. The minimum absolute atomic E-state index is 0.436. The van der Waals surface area contributed by atoms with Crippen molar-refractivity contribution in [1.29, 1.82) is 0 Å². The van der Waals surface area contributed by atoms with Crippen molar-refractivity contribution in [3.63, 3.8) is 0 Å². The fraction of sp³-hybridized carbons (Fsp3) is 0.238. The van der Waals surface area contributed by atoms with Crippen molar-refractivity contribution < 1.29 is 9.47 Å². The summed E-state index contributed by atoms with van der Waals surface area (Å²) in [5.41, 5.74) is 1.05. The summed E-state index contributed by atoms with van der Waals surface area (Å²) in [6.45, 7) is 4.22. The lowest BCUT2D eigenvalue weighted by Gasteiger charge is -2.28. The number of hydrogen-bond donors (Lipinski definition) is 1. The number of benzene rings is 2. The average Bonchev–Trinajstić information content (AvgIpc) is 2.75. The van der Waals surface area contributed by atoms with Gasteiger partial charge in [0, 0.05) is 26.2 Å². The van der Waals surface area contributed by atoms with Crippen molar-refractivity contribution >= 4 is 5.82 Å². The summed E-state index contributed by atoms with van der Waals surface area (Å²) in [4.78, 5) is 11.1. The molecule has 1 fully saturated rings. The lowest BCUT2D eigenvalue weighted by atomic mass is 10.2. The van der Waals surface area contributed by atoms with Gasteiger partial charge in [-0.3, -0.25) is 4.98 Å². The number of ether oxygens (including phenoxy) is 2. The summed E-state index contributed by atoms with van der Waals surface area (Å²) in [5.74, 6) is 3.02. The molecule has 0 amide bonds. The normalized spacial score (nSPS) is 14.0. The Morgan fingerprint density at radius 1 is 0.889 bits per heavy atom. The third-order valence-electron chi connectivity index (χ3n) is 4.33. The van der Waals surface area contributed by atoms with Crippen molar-refractivity contribution in [2.45, 2.75) is 6.61 Å². The second-order valence-corrected chi connectivity index (χ2v) is 6.30. The first-order valence-electron chi connectivity index (χ1n) is 9.09. The van der Waals surface area contributed by atoms with Crippen molar-refractivity contribution in [2.75, 3.05) is 31.1 Å². The van der Waals surface area contributed by atoms with Gasteiger partial charge in [-0.1, -0.05) is 30.3 Å². The highest BCUT2D eigenvalue weighted by molar-refractivity contribution is 5.38. The van der Waals surface area contributed by atoms with E-state index in [0.29, 0.717) is 12.5 Å². The number of hydrogen-bond acceptors (Lipinski definition) is 6. The van der Waals surface area contributed by atoms with Gasteiger partial charge in [-0.2, -0.15) is 4.98 Å². The van der Waals surface area contributed by atoms with Crippen LogP contribution in [0.1, 0.15) is 5.56 Å². The van der Waals surface area contributed by atoms with Gasteiger partial charge in [0.05, 0.1) is 12.4 Å². The van der Waals surface area contributed by atoms with Gasteiger partial charge < -0.3 is 19.7 Å². The van der Waals surface area contributed by atoms with Crippen LogP contribution in [0, 0.1) is 0 Å². The zero-order valence-corrected chi connectivity index (χ0v) is 15.0. The smallest absolute Gasteiger partial charge is 0.234 e. The second kappa shape index (κ2) is 8.51. The highest BCUT2D eigenvalue weighted by Gasteiger charge is 2.12. The molecule has 1 saturated heterocycles. The maximum Gasteiger partial charge on any atom is 0.234 e. The summed E-state index contributed by atoms with van der Waals surface area (Å²) < 4.78 is 11.6. The van der Waals surface area contributed by atoms with E-state index in [0.717, 1.165) is 49.1 Å². The third-order valence-corrected chi connectivity index (χ3v) is 4.33. The van der Waals surface area contributed by atoms with Gasteiger partial charge in [-0.15, -0.1) is 0 Å². The molecule has 1 aliphatic rings. The molecule has 2 heterocycles. The van der Waals surface area contributed by atoms with Crippen molar-refractivity contribution in [3.8, 4) is 17.4 Å². The van der Waals surface area contributed by atoms with E-state index in [1.165, 1.54) is 0 Å². The van der Waals surface area contributed by atoms with E-state index >= 15 is 0 Å². The molecule has 6 nitrogen and oxygen atoms in total. The molecule has 0 bridgehead atoms. The number of piperazine rings is 1. The SMILES string of the molecule is c1ccc(Oc2ccc(COc3cncc(N4CCNCC4)n3)cc2)cc1. The van der Waals surface area contributed by atoms with Crippen LogP contribution >= 0.6 is 0 Å². The van der Waals surface area contributed by atoms with E-state index in [9.17, 15) is 0 Å². The van der Waals surface area contributed by atoms with Gasteiger partial charge >= 0.3 is 0 Å². The Labute approximate surface area is 158 Å². The number of nitrogens with zero attached hydrogens (tertiary/aromatic N) is 3. The largest absolute Gasteiger partial charge is 0.472 e. The molecular formula is C21H22N4O2. The van der Waals surface area contributed by atoms with Crippen LogP contribution in [0.3, 0.4) is 0 Å². The molecule has 3 aromatic rings. The zero-order valence-electron chi connectivity index (χ0n) is 15.0. The molecule has 27 heavy (non-hydrogen) atoms. The van der Waals surface area contributed by atoms with Crippen LogP contribution in [-0.2, 0) is 6.61 Å². The first kappa shape index (κ1) is 17.3. The molecule has 1 aliphatic heterocycles. The van der Waals surface area contributed by atoms with E-state index in [-0.39, 0.29) is 0 Å². The van der Waals surface area contributed by atoms with E-state index in [2.05, 4.69) is 20.2 Å². The Morgan fingerprint density at radius 2 is 1.63 bits per heavy atom. The molecule has 0 aliphatic carbocycles. The average molecular weight is 362 g/mol. The number of para-hydroxylation sites is 1. The van der Waals surface area contributed by atoms with Crippen LogP contribution in [0.15, 0.2) is 67.0 Å². The lowest BCUT2D eigenvalue weighted by Crippen LogP contribution is -2.43. The zero-order chi connectivity index (χ0) is 18.3. The second-order valence-electron chi connectivity index (χ2n) is 6.30. The Balaban J connectivity index is 1.34. The van der Waals surface area contributed by atoms with Crippen molar-refractivity contribution in [1.82, 2.24) is 15.3 Å². The molecule has 1 aromatic heterocycles. The van der Waals surface area contributed by atoms with Gasteiger partial charge in [0.15, 0.2) is 5.82 Å². The molecule has 0 saturated carbocycles. The third kappa shape index (κ3) is 4.74. The van der Waals surface area contributed by atoms with Crippen LogP contribution < -0.4 is 19.7 Å². The van der Waals surface area contributed by atoms with E-state index in [4.69, 9.17) is 9.47 Å². The fourth-order valence-electron chi connectivity index (χ4n) is 2.89. The minimum atomic E-state index is 0.436. The number of anilines is 1. The Hall–Kier alpha value is -3.12. The first-order valence-corrected chi connectivity index (χ1v) is 9.09. The topological polar surface area (TPSA) is 59.5 Å². The van der Waals surface area contributed by atoms with Gasteiger partial charge in [0.25, 0.3) is 0 Å². The van der Waals surface area contributed by atoms with Crippen LogP contribution in [0.4, 0.5) is 5.82 Å². The van der Waals surface area contributed by atoms with E-state index < -0.39 is 0 Å². The minimum Gasteiger partial charge on any atom is -0.472 e. The summed E-state index contributed by atoms with van der Waals surface area (Å²) in [6, 6.07) is 17.6. The number of rotatable bonds is 6.